The van der Waals surface area contributed by atoms with Crippen LogP contribution in [0.25, 0.3) is 0 Å². The summed E-state index contributed by atoms with van der Waals surface area (Å²) in [5.41, 5.74) is 0.271. The highest BCUT2D eigenvalue weighted by Crippen LogP contribution is 2.61. The minimum atomic E-state index is -0.845. The van der Waals surface area contributed by atoms with Gasteiger partial charge in [-0.3, -0.25) is 9.59 Å². The van der Waals surface area contributed by atoms with Crippen molar-refractivity contribution in [3.8, 4) is 0 Å². The van der Waals surface area contributed by atoms with Gasteiger partial charge in [-0.15, -0.1) is 0 Å². The Bertz CT molecular complexity index is 532. The number of nitrogens with one attached hydrogen (secondary N) is 1. The van der Waals surface area contributed by atoms with Crippen LogP contribution in [0.15, 0.2) is 12.2 Å². The van der Waals surface area contributed by atoms with Gasteiger partial charge in [0.25, 0.3) is 0 Å². The molecule has 0 aromatic carbocycles. The van der Waals surface area contributed by atoms with Gasteiger partial charge in [-0.25, -0.2) is 0 Å². The van der Waals surface area contributed by atoms with Crippen LogP contribution in [-0.2, 0) is 9.59 Å². The van der Waals surface area contributed by atoms with Crippen LogP contribution >= 0.6 is 0 Å². The number of hydrogen-bond acceptors (Lipinski definition) is 2. The molecular weight excluding hydrogens is 302 g/mol. The second kappa shape index (κ2) is 5.89. The highest BCUT2D eigenvalue weighted by molar-refractivity contribution is 5.85. The number of allylic oxidation sites excluding steroid dienone is 2. The third-order valence-electron chi connectivity index (χ3n) is 7.45. The van der Waals surface area contributed by atoms with E-state index < -0.39 is 17.8 Å². The predicted octanol–water partition coefficient (Wildman–Crippen LogP) is 3.37. The van der Waals surface area contributed by atoms with Crippen molar-refractivity contribution in [1.82, 2.24) is 5.32 Å². The largest absolute Gasteiger partial charge is 0.481 e. The highest BCUT2D eigenvalue weighted by Gasteiger charge is 2.53. The summed E-state index contributed by atoms with van der Waals surface area (Å²) >= 11 is 0. The smallest absolute Gasteiger partial charge is 0.307 e. The molecule has 24 heavy (non-hydrogen) atoms. The van der Waals surface area contributed by atoms with Crippen LogP contribution in [0.4, 0.5) is 0 Å². The van der Waals surface area contributed by atoms with E-state index in [-0.39, 0.29) is 17.4 Å². The fourth-order valence-corrected chi connectivity index (χ4v) is 6.56. The standard InChI is InChI=1S/C20H29NO3/c1-12(20-9-13-6-14(10-20)8-15(7-13)11-20)21-18(22)16-4-2-3-5-17(16)19(23)24/h2-3,12-17H,4-11H2,1H3,(H,21,22)(H,23,24)/t12-,13?,14?,15?,16+,17-,20?/m0/s1. The molecule has 3 atom stereocenters. The number of amides is 1. The topological polar surface area (TPSA) is 66.4 Å². The quantitative estimate of drug-likeness (QED) is 0.776. The van der Waals surface area contributed by atoms with E-state index in [2.05, 4.69) is 12.2 Å². The van der Waals surface area contributed by atoms with E-state index in [0.29, 0.717) is 12.8 Å². The molecule has 0 spiro atoms. The maximum Gasteiger partial charge on any atom is 0.307 e. The lowest BCUT2D eigenvalue weighted by molar-refractivity contribution is -0.148. The number of carbonyl (C=O) groups excluding carboxylic acids is 1. The van der Waals surface area contributed by atoms with Crippen LogP contribution in [0.5, 0.6) is 0 Å². The number of aliphatic carboxylic acids is 1. The summed E-state index contributed by atoms with van der Waals surface area (Å²) in [6, 6.07) is 0.166. The molecule has 5 rings (SSSR count). The molecule has 0 saturated heterocycles. The molecule has 2 N–H and O–H groups in total. The number of carboxylic acids is 1. The van der Waals surface area contributed by atoms with Crippen LogP contribution < -0.4 is 5.32 Å². The summed E-state index contributed by atoms with van der Waals surface area (Å²) in [5, 5.41) is 12.7. The van der Waals surface area contributed by atoms with Gasteiger partial charge in [-0.1, -0.05) is 12.2 Å². The van der Waals surface area contributed by atoms with E-state index in [9.17, 15) is 14.7 Å². The van der Waals surface area contributed by atoms with Crippen molar-refractivity contribution >= 4 is 11.9 Å². The third kappa shape index (κ3) is 2.68. The van der Waals surface area contributed by atoms with Crippen molar-refractivity contribution in [3.05, 3.63) is 12.2 Å². The first-order valence-electron chi connectivity index (χ1n) is 9.65. The predicted molar refractivity (Wildman–Crippen MR) is 91.2 cm³/mol. The molecule has 4 saturated carbocycles. The molecule has 5 aliphatic carbocycles. The van der Waals surface area contributed by atoms with Crippen molar-refractivity contribution in [2.45, 2.75) is 64.3 Å². The number of carboxylic acid groups (broad SMARTS) is 1. The lowest BCUT2D eigenvalue weighted by Gasteiger charge is -2.59. The molecule has 4 fully saturated rings. The van der Waals surface area contributed by atoms with Crippen LogP contribution in [0.3, 0.4) is 0 Å². The van der Waals surface area contributed by atoms with Crippen molar-refractivity contribution in [2.75, 3.05) is 0 Å². The summed E-state index contributed by atoms with van der Waals surface area (Å²) in [7, 11) is 0. The van der Waals surface area contributed by atoms with Crippen LogP contribution in [0.2, 0.25) is 0 Å². The monoisotopic (exact) mass is 331 g/mol. The SMILES string of the molecule is C[C@H](NC(=O)[C@@H]1CC=CC[C@@H]1C(=O)O)C12CC3CC(CC(C3)C1)C2. The molecule has 132 valence electrons. The van der Waals surface area contributed by atoms with Crippen molar-refractivity contribution in [1.29, 1.82) is 0 Å². The van der Waals surface area contributed by atoms with E-state index in [1.807, 2.05) is 12.2 Å². The number of rotatable bonds is 4. The maximum atomic E-state index is 12.8. The minimum Gasteiger partial charge on any atom is -0.481 e. The first-order chi connectivity index (χ1) is 11.5. The van der Waals surface area contributed by atoms with Gasteiger partial charge in [0.2, 0.25) is 5.91 Å². The molecule has 0 heterocycles. The first kappa shape index (κ1) is 16.2. The first-order valence-corrected chi connectivity index (χ1v) is 9.65. The molecule has 0 unspecified atom stereocenters. The molecule has 5 aliphatic rings. The van der Waals surface area contributed by atoms with Crippen molar-refractivity contribution < 1.29 is 14.7 Å². The average Bonchev–Trinajstić information content (AvgIpc) is 2.53. The second-order valence-electron chi connectivity index (χ2n) is 9.00. The van der Waals surface area contributed by atoms with Crippen molar-refractivity contribution in [2.24, 2.45) is 35.0 Å². The van der Waals surface area contributed by atoms with Gasteiger partial charge >= 0.3 is 5.97 Å². The normalized spacial score (nSPS) is 44.3. The highest BCUT2D eigenvalue weighted by atomic mass is 16.4. The average molecular weight is 331 g/mol. The summed E-state index contributed by atoms with van der Waals surface area (Å²) in [4.78, 5) is 24.3. The lowest BCUT2D eigenvalue weighted by Crippen LogP contribution is -2.57. The van der Waals surface area contributed by atoms with E-state index in [1.54, 1.807) is 0 Å². The fourth-order valence-electron chi connectivity index (χ4n) is 6.56. The zero-order valence-corrected chi connectivity index (χ0v) is 14.5. The Kier molecular flexibility index (Phi) is 3.97. The van der Waals surface area contributed by atoms with E-state index >= 15 is 0 Å². The third-order valence-corrected chi connectivity index (χ3v) is 7.45. The lowest BCUT2D eigenvalue weighted by atomic mass is 9.48. The fraction of sp³-hybridized carbons (Fsp3) is 0.800. The summed E-state index contributed by atoms with van der Waals surface area (Å²) in [5.74, 6) is 0.708. The zero-order chi connectivity index (χ0) is 16.9. The maximum absolute atomic E-state index is 12.8. The van der Waals surface area contributed by atoms with E-state index in [1.165, 1.54) is 38.5 Å². The van der Waals surface area contributed by atoms with Gasteiger partial charge < -0.3 is 10.4 Å². The Labute approximate surface area is 144 Å². The van der Waals surface area contributed by atoms with Gasteiger partial charge in [-0.2, -0.15) is 0 Å². The summed E-state index contributed by atoms with van der Waals surface area (Å²) in [6.45, 7) is 2.17. The number of carbonyl (C=O) groups is 2. The van der Waals surface area contributed by atoms with Crippen molar-refractivity contribution in [3.63, 3.8) is 0 Å². The molecule has 0 aromatic rings. The van der Waals surface area contributed by atoms with Gasteiger partial charge in [0, 0.05) is 6.04 Å². The van der Waals surface area contributed by atoms with Crippen LogP contribution in [0.1, 0.15) is 58.3 Å². The molecular formula is C20H29NO3. The molecule has 0 radical (unpaired) electrons. The Balaban J connectivity index is 1.46. The van der Waals surface area contributed by atoms with Crippen LogP contribution in [0, 0.1) is 35.0 Å². The molecule has 4 nitrogen and oxygen atoms in total. The van der Waals surface area contributed by atoms with Gasteiger partial charge in [0.15, 0.2) is 0 Å². The Morgan fingerprint density at radius 2 is 1.50 bits per heavy atom. The van der Waals surface area contributed by atoms with Gasteiger partial charge in [0.05, 0.1) is 11.8 Å². The molecule has 0 aromatic heterocycles. The van der Waals surface area contributed by atoms with Gasteiger partial charge in [0.1, 0.15) is 0 Å². The number of hydrogen-bond donors (Lipinski definition) is 2. The molecule has 1 amide bonds. The van der Waals surface area contributed by atoms with E-state index in [0.717, 1.165) is 17.8 Å². The zero-order valence-electron chi connectivity index (χ0n) is 14.5. The summed E-state index contributed by atoms with van der Waals surface area (Å²) in [6.07, 6.45) is 12.8. The second-order valence-corrected chi connectivity index (χ2v) is 9.00. The summed E-state index contributed by atoms with van der Waals surface area (Å²) < 4.78 is 0. The van der Waals surface area contributed by atoms with Gasteiger partial charge in [-0.05, 0) is 81.5 Å². The Morgan fingerprint density at radius 1 is 1.00 bits per heavy atom. The minimum absolute atomic E-state index is 0.0463. The molecule has 0 aliphatic heterocycles. The van der Waals surface area contributed by atoms with E-state index in [4.69, 9.17) is 0 Å². The molecule has 4 heteroatoms. The molecule has 4 bridgehead atoms. The Hall–Kier alpha value is -1.32. The Morgan fingerprint density at radius 3 is 2.00 bits per heavy atom. The van der Waals surface area contributed by atoms with Crippen LogP contribution in [-0.4, -0.2) is 23.0 Å².